The first-order chi connectivity index (χ1) is 17.1. The molecule has 1 amide bonds. The van der Waals surface area contributed by atoms with Crippen molar-refractivity contribution < 1.29 is 14.3 Å². The molecule has 1 fully saturated rings. The number of hydrogen-bond acceptors (Lipinski definition) is 4. The number of halogens is 1. The van der Waals surface area contributed by atoms with Crippen LogP contribution in [0.1, 0.15) is 46.8 Å². The summed E-state index contributed by atoms with van der Waals surface area (Å²) in [7, 11) is 3.34. The third kappa shape index (κ3) is 4.44. The molecule has 0 unspecified atom stereocenters. The summed E-state index contributed by atoms with van der Waals surface area (Å²) in [6, 6.07) is 22.6. The van der Waals surface area contributed by atoms with Crippen LogP contribution in [0.3, 0.4) is 0 Å². The number of nitrogens with zero attached hydrogens (tertiary/aromatic N) is 2. The van der Waals surface area contributed by atoms with Crippen molar-refractivity contribution in [1.29, 1.82) is 0 Å². The summed E-state index contributed by atoms with van der Waals surface area (Å²) in [5.41, 5.74) is 4.55. The third-order valence-corrected chi connectivity index (χ3v) is 6.94. The Morgan fingerprint density at radius 1 is 1.00 bits per heavy atom. The molecule has 0 radical (unpaired) electrons. The minimum absolute atomic E-state index is 0.0594. The molecule has 3 aromatic carbocycles. The Kier molecular flexibility index (Phi) is 6.60. The molecule has 1 saturated carbocycles. The Morgan fingerprint density at radius 3 is 2.51 bits per heavy atom. The van der Waals surface area contributed by atoms with Crippen molar-refractivity contribution in [2.75, 3.05) is 14.2 Å². The van der Waals surface area contributed by atoms with E-state index in [1.54, 1.807) is 43.5 Å². The zero-order valence-electron chi connectivity index (χ0n) is 19.8. The minimum atomic E-state index is -0.269. The second-order valence-electron chi connectivity index (χ2n) is 8.74. The van der Waals surface area contributed by atoms with Gasteiger partial charge in [-0.15, -0.1) is 0 Å². The number of ether oxygens (including phenoxy) is 2. The van der Waals surface area contributed by atoms with Gasteiger partial charge in [-0.25, -0.2) is 5.01 Å². The lowest BCUT2D eigenvalue weighted by molar-refractivity contribution is 0.0678. The lowest BCUT2D eigenvalue weighted by Crippen LogP contribution is -2.32. The first kappa shape index (κ1) is 23.2. The van der Waals surface area contributed by atoms with Gasteiger partial charge in [-0.3, -0.25) is 4.79 Å². The summed E-state index contributed by atoms with van der Waals surface area (Å²) in [6.45, 7) is 0. The second kappa shape index (κ2) is 9.96. The predicted octanol–water partition coefficient (Wildman–Crippen LogP) is 6.79. The van der Waals surface area contributed by atoms with E-state index in [1.165, 1.54) is 0 Å². The molecule has 0 bridgehead atoms. The predicted molar refractivity (Wildman–Crippen MR) is 139 cm³/mol. The van der Waals surface area contributed by atoms with Gasteiger partial charge in [-0.2, -0.15) is 5.10 Å². The SMILES string of the molecule is COc1ccccc1/C=C1\CCC[C@@H]2C1=NN(C(=O)c1cccc(Cl)c1)[C@@H]2c1ccccc1OC. The van der Waals surface area contributed by atoms with Crippen LogP contribution in [0.15, 0.2) is 83.5 Å². The average Bonchev–Trinajstić information content (AvgIpc) is 3.29. The molecule has 1 heterocycles. The molecule has 3 aromatic rings. The van der Waals surface area contributed by atoms with E-state index in [4.69, 9.17) is 26.2 Å². The van der Waals surface area contributed by atoms with Gasteiger partial charge in [0.15, 0.2) is 0 Å². The van der Waals surface area contributed by atoms with Crippen LogP contribution < -0.4 is 9.47 Å². The van der Waals surface area contributed by atoms with Gasteiger partial charge in [0.05, 0.1) is 26.0 Å². The molecular weight excluding hydrogens is 460 g/mol. The lowest BCUT2D eigenvalue weighted by Gasteiger charge is -2.30. The van der Waals surface area contributed by atoms with E-state index < -0.39 is 0 Å². The highest BCUT2D eigenvalue weighted by Crippen LogP contribution is 2.47. The van der Waals surface area contributed by atoms with E-state index >= 15 is 0 Å². The normalized spacial score (nSPS) is 20.4. The second-order valence-corrected chi connectivity index (χ2v) is 9.18. The van der Waals surface area contributed by atoms with Crippen molar-refractivity contribution in [3.05, 3.63) is 100 Å². The quantitative estimate of drug-likeness (QED) is 0.398. The van der Waals surface area contributed by atoms with Gasteiger partial charge >= 0.3 is 0 Å². The third-order valence-electron chi connectivity index (χ3n) is 6.71. The maximum Gasteiger partial charge on any atom is 0.274 e. The lowest BCUT2D eigenvalue weighted by atomic mass is 9.77. The fraction of sp³-hybridized carbons (Fsp3) is 0.241. The number of amides is 1. The molecule has 0 aromatic heterocycles. The molecule has 5 nitrogen and oxygen atoms in total. The summed E-state index contributed by atoms with van der Waals surface area (Å²) in [6.07, 6.45) is 4.99. The topological polar surface area (TPSA) is 51.1 Å². The number of hydrogen-bond donors (Lipinski definition) is 0. The highest BCUT2D eigenvalue weighted by Gasteiger charge is 2.45. The summed E-state index contributed by atoms with van der Waals surface area (Å²) >= 11 is 6.21. The Hall–Kier alpha value is -3.57. The highest BCUT2D eigenvalue weighted by atomic mass is 35.5. The van der Waals surface area contributed by atoms with Crippen LogP contribution in [0.4, 0.5) is 0 Å². The first-order valence-electron chi connectivity index (χ1n) is 11.7. The van der Waals surface area contributed by atoms with Crippen LogP contribution in [-0.4, -0.2) is 30.8 Å². The zero-order valence-corrected chi connectivity index (χ0v) is 20.5. The van der Waals surface area contributed by atoms with Crippen LogP contribution in [0.5, 0.6) is 11.5 Å². The molecule has 2 atom stereocenters. The van der Waals surface area contributed by atoms with E-state index in [0.29, 0.717) is 10.6 Å². The van der Waals surface area contributed by atoms with E-state index in [2.05, 4.69) is 6.08 Å². The zero-order chi connectivity index (χ0) is 24.4. The number of hydrazone groups is 1. The Morgan fingerprint density at radius 2 is 1.74 bits per heavy atom. The number of fused-ring (bicyclic) bond motifs is 1. The summed E-state index contributed by atoms with van der Waals surface area (Å²) in [4.78, 5) is 13.8. The summed E-state index contributed by atoms with van der Waals surface area (Å²) < 4.78 is 11.3. The van der Waals surface area contributed by atoms with Crippen molar-refractivity contribution >= 4 is 29.3 Å². The summed E-state index contributed by atoms with van der Waals surface area (Å²) in [5.74, 6) is 1.44. The van der Waals surface area contributed by atoms with Crippen LogP contribution in [0.2, 0.25) is 5.02 Å². The molecule has 35 heavy (non-hydrogen) atoms. The van der Waals surface area contributed by atoms with Crippen molar-refractivity contribution in [1.82, 2.24) is 5.01 Å². The van der Waals surface area contributed by atoms with Crippen molar-refractivity contribution in [3.63, 3.8) is 0 Å². The van der Waals surface area contributed by atoms with Gasteiger partial charge in [0.25, 0.3) is 5.91 Å². The molecular formula is C29H27ClN2O3. The molecule has 0 spiro atoms. The van der Waals surface area contributed by atoms with E-state index in [1.807, 2.05) is 48.5 Å². The average molecular weight is 487 g/mol. The molecule has 0 saturated heterocycles. The Bertz CT molecular complexity index is 1320. The van der Waals surface area contributed by atoms with E-state index in [9.17, 15) is 4.79 Å². The Labute approximate surface area is 210 Å². The maximum atomic E-state index is 13.8. The molecule has 0 N–H and O–H groups in total. The van der Waals surface area contributed by atoms with E-state index in [-0.39, 0.29) is 17.9 Å². The first-order valence-corrected chi connectivity index (χ1v) is 12.1. The van der Waals surface area contributed by atoms with Crippen molar-refractivity contribution in [2.24, 2.45) is 11.0 Å². The van der Waals surface area contributed by atoms with Gasteiger partial charge in [0, 0.05) is 27.6 Å². The van der Waals surface area contributed by atoms with Crippen molar-refractivity contribution in [2.45, 2.75) is 25.3 Å². The van der Waals surface area contributed by atoms with Crippen LogP contribution >= 0.6 is 11.6 Å². The van der Waals surface area contributed by atoms with Gasteiger partial charge in [0.1, 0.15) is 11.5 Å². The van der Waals surface area contributed by atoms with Crippen molar-refractivity contribution in [3.8, 4) is 11.5 Å². The number of benzene rings is 3. The number of rotatable bonds is 5. The molecule has 1 aliphatic carbocycles. The maximum absolute atomic E-state index is 13.8. The van der Waals surface area contributed by atoms with Crippen LogP contribution in [0, 0.1) is 5.92 Å². The van der Waals surface area contributed by atoms with Gasteiger partial charge in [-0.05, 0) is 61.2 Å². The largest absolute Gasteiger partial charge is 0.496 e. The standard InChI is InChI=1S/C29H27ClN2O3/c1-34-25-15-5-3-9-19(25)17-20-10-8-14-24-27(20)31-32(29(33)21-11-7-12-22(30)18-21)28(24)23-13-4-6-16-26(23)35-2/h3-7,9,11-13,15-18,24,28H,8,10,14H2,1-2H3/b20-17+/t24-,28-/m1/s1. The van der Waals surface area contributed by atoms with Crippen LogP contribution in [-0.2, 0) is 0 Å². The van der Waals surface area contributed by atoms with Gasteiger partial charge in [0.2, 0.25) is 0 Å². The van der Waals surface area contributed by atoms with Gasteiger partial charge < -0.3 is 9.47 Å². The number of carbonyl (C=O) groups is 1. The van der Waals surface area contributed by atoms with Gasteiger partial charge in [-0.1, -0.05) is 54.1 Å². The molecule has 2 aliphatic rings. The monoisotopic (exact) mass is 486 g/mol. The molecule has 1 aliphatic heterocycles. The number of allylic oxidation sites excluding steroid dienone is 1. The molecule has 6 heteroatoms. The minimum Gasteiger partial charge on any atom is -0.496 e. The number of methoxy groups -OCH3 is 2. The smallest absolute Gasteiger partial charge is 0.274 e. The summed E-state index contributed by atoms with van der Waals surface area (Å²) in [5, 5.41) is 7.12. The fourth-order valence-corrected chi connectivity index (χ4v) is 5.30. The molecule has 178 valence electrons. The molecule has 5 rings (SSSR count). The van der Waals surface area contributed by atoms with Crippen LogP contribution in [0.25, 0.3) is 6.08 Å². The number of carbonyl (C=O) groups excluding carboxylic acids is 1. The highest BCUT2D eigenvalue weighted by molar-refractivity contribution is 6.31. The van der Waals surface area contributed by atoms with E-state index in [0.717, 1.165) is 53.2 Å². The number of para-hydroxylation sites is 2. The Balaban J connectivity index is 1.62. The fourth-order valence-electron chi connectivity index (χ4n) is 5.11.